The molecule has 2 aliphatic rings. The highest BCUT2D eigenvalue weighted by Gasteiger charge is 2.30. The minimum absolute atomic E-state index is 0.222. The lowest BCUT2D eigenvalue weighted by atomic mass is 9.93. The van der Waals surface area contributed by atoms with E-state index in [-0.39, 0.29) is 5.75 Å². The molecule has 1 aromatic heterocycles. The van der Waals surface area contributed by atoms with Gasteiger partial charge in [0.25, 0.3) is 0 Å². The van der Waals surface area contributed by atoms with Gasteiger partial charge in [-0.25, -0.2) is 13.4 Å². The van der Waals surface area contributed by atoms with Crippen molar-refractivity contribution in [1.29, 1.82) is 0 Å². The number of rotatable bonds is 1. The summed E-state index contributed by atoms with van der Waals surface area (Å²) in [5.41, 5.74) is 0.897. The maximum atomic E-state index is 11.9. The molecule has 2 fully saturated rings. The van der Waals surface area contributed by atoms with Gasteiger partial charge < -0.3 is 10.0 Å². The summed E-state index contributed by atoms with van der Waals surface area (Å²) >= 11 is 6.03. The van der Waals surface area contributed by atoms with Crippen molar-refractivity contribution in [2.45, 2.75) is 43.5 Å². The summed E-state index contributed by atoms with van der Waals surface area (Å²) in [6, 6.07) is 1.76. The van der Waals surface area contributed by atoms with Gasteiger partial charge >= 0.3 is 0 Å². The molecule has 2 aliphatic heterocycles. The SMILES string of the molecule is CC1(O)CCN(c2cc(Cl)ncc2C#CC2CCCS2(=O)=O)CC1. The first-order chi connectivity index (χ1) is 11.3. The van der Waals surface area contributed by atoms with Crippen molar-refractivity contribution >= 4 is 27.1 Å². The summed E-state index contributed by atoms with van der Waals surface area (Å²) < 4.78 is 23.8. The van der Waals surface area contributed by atoms with E-state index in [1.165, 1.54) is 0 Å². The van der Waals surface area contributed by atoms with Crippen molar-refractivity contribution in [3.8, 4) is 11.8 Å². The number of aliphatic hydroxyl groups is 1. The fraction of sp³-hybridized carbons (Fsp3) is 0.588. The molecule has 2 saturated heterocycles. The molecule has 0 saturated carbocycles. The highest BCUT2D eigenvalue weighted by Crippen LogP contribution is 2.29. The molecule has 0 radical (unpaired) electrons. The van der Waals surface area contributed by atoms with Gasteiger partial charge in [0.1, 0.15) is 10.4 Å². The average Bonchev–Trinajstić information content (AvgIpc) is 2.85. The Morgan fingerprint density at radius 1 is 1.42 bits per heavy atom. The second-order valence-electron chi connectivity index (χ2n) is 6.78. The van der Waals surface area contributed by atoms with E-state index in [1.807, 2.05) is 6.92 Å². The Labute approximate surface area is 148 Å². The molecule has 0 spiro atoms. The van der Waals surface area contributed by atoms with Gasteiger partial charge in [-0.05, 0) is 32.6 Å². The van der Waals surface area contributed by atoms with Crippen molar-refractivity contribution in [2.75, 3.05) is 23.7 Å². The van der Waals surface area contributed by atoms with Crippen LogP contribution in [0.2, 0.25) is 5.15 Å². The fourth-order valence-electron chi connectivity index (χ4n) is 3.12. The minimum atomic E-state index is -3.09. The van der Waals surface area contributed by atoms with E-state index in [4.69, 9.17) is 11.6 Å². The number of sulfone groups is 1. The molecule has 0 bridgehead atoms. The Balaban J connectivity index is 1.87. The summed E-state index contributed by atoms with van der Waals surface area (Å²) in [6.07, 6.45) is 4.19. The molecule has 7 heteroatoms. The molecule has 130 valence electrons. The lowest BCUT2D eigenvalue weighted by Crippen LogP contribution is -2.42. The molecule has 5 nitrogen and oxygen atoms in total. The van der Waals surface area contributed by atoms with Crippen LogP contribution in [0, 0.1) is 11.8 Å². The van der Waals surface area contributed by atoms with Crippen LogP contribution in [0.5, 0.6) is 0 Å². The Kier molecular flexibility index (Phi) is 4.78. The normalized spacial score (nSPS) is 25.1. The largest absolute Gasteiger partial charge is 0.390 e. The van der Waals surface area contributed by atoms with Gasteiger partial charge in [0.2, 0.25) is 0 Å². The zero-order chi connectivity index (χ0) is 17.4. The molecule has 1 N–H and O–H groups in total. The Morgan fingerprint density at radius 2 is 2.12 bits per heavy atom. The van der Waals surface area contributed by atoms with E-state index in [0.29, 0.717) is 49.5 Å². The second-order valence-corrected chi connectivity index (χ2v) is 9.47. The number of aromatic nitrogens is 1. The number of pyridine rings is 1. The first-order valence-corrected chi connectivity index (χ1v) is 10.2. The molecular weight excluding hydrogens is 348 g/mol. The van der Waals surface area contributed by atoms with Crippen LogP contribution in [-0.2, 0) is 9.84 Å². The quantitative estimate of drug-likeness (QED) is 0.606. The first kappa shape index (κ1) is 17.5. The summed E-state index contributed by atoms with van der Waals surface area (Å²) in [5.74, 6) is 6.13. The van der Waals surface area contributed by atoms with Gasteiger partial charge in [-0.2, -0.15) is 0 Å². The average molecular weight is 369 g/mol. The number of piperidine rings is 1. The van der Waals surface area contributed by atoms with Gasteiger partial charge in [-0.3, -0.25) is 0 Å². The fourth-order valence-corrected chi connectivity index (χ4v) is 4.89. The van der Waals surface area contributed by atoms with Gasteiger partial charge in [0.05, 0.1) is 22.6 Å². The molecule has 3 rings (SSSR count). The number of halogens is 1. The Hall–Kier alpha value is -1.29. The van der Waals surface area contributed by atoms with Crippen LogP contribution in [0.1, 0.15) is 38.2 Å². The third kappa shape index (κ3) is 3.85. The van der Waals surface area contributed by atoms with Crippen LogP contribution in [0.15, 0.2) is 12.3 Å². The summed E-state index contributed by atoms with van der Waals surface area (Å²) in [5, 5.41) is 9.90. The molecular formula is C17H21ClN2O3S. The van der Waals surface area contributed by atoms with Crippen LogP contribution < -0.4 is 4.90 Å². The van der Waals surface area contributed by atoms with E-state index in [9.17, 15) is 13.5 Å². The molecule has 0 aromatic carbocycles. The van der Waals surface area contributed by atoms with E-state index < -0.39 is 20.7 Å². The maximum absolute atomic E-state index is 11.9. The topological polar surface area (TPSA) is 70.5 Å². The van der Waals surface area contributed by atoms with Crippen LogP contribution in [-0.4, -0.2) is 48.2 Å². The van der Waals surface area contributed by atoms with Crippen LogP contribution in [0.25, 0.3) is 0 Å². The molecule has 1 aromatic rings. The molecule has 24 heavy (non-hydrogen) atoms. The lowest BCUT2D eigenvalue weighted by molar-refractivity contribution is 0.0351. The monoisotopic (exact) mass is 368 g/mol. The predicted octanol–water partition coefficient (Wildman–Crippen LogP) is 2.01. The molecule has 0 aliphatic carbocycles. The van der Waals surface area contributed by atoms with Gasteiger partial charge in [0, 0.05) is 25.4 Å². The smallest absolute Gasteiger partial charge is 0.164 e. The molecule has 0 amide bonds. The van der Waals surface area contributed by atoms with E-state index >= 15 is 0 Å². The number of hydrogen-bond donors (Lipinski definition) is 1. The van der Waals surface area contributed by atoms with Gasteiger partial charge in [-0.15, -0.1) is 0 Å². The Morgan fingerprint density at radius 3 is 2.75 bits per heavy atom. The molecule has 1 atom stereocenters. The second kappa shape index (κ2) is 6.55. The zero-order valence-corrected chi connectivity index (χ0v) is 15.2. The first-order valence-electron chi connectivity index (χ1n) is 8.13. The van der Waals surface area contributed by atoms with Crippen molar-refractivity contribution in [1.82, 2.24) is 4.98 Å². The van der Waals surface area contributed by atoms with Crippen molar-refractivity contribution in [3.63, 3.8) is 0 Å². The van der Waals surface area contributed by atoms with Crippen LogP contribution in [0.3, 0.4) is 0 Å². The van der Waals surface area contributed by atoms with E-state index in [1.54, 1.807) is 12.3 Å². The third-order valence-corrected chi connectivity index (χ3v) is 7.01. The van der Waals surface area contributed by atoms with Gasteiger partial charge in [-0.1, -0.05) is 23.4 Å². The lowest BCUT2D eigenvalue weighted by Gasteiger charge is -2.37. The minimum Gasteiger partial charge on any atom is -0.390 e. The standard InChI is InChI=1S/C17H21ClN2O3S/c1-17(21)6-8-20(9-7-17)15-11-16(18)19-12-13(15)4-5-14-3-2-10-24(14,22)23/h11-12,14,21H,2-3,6-10H2,1H3. The number of hydrogen-bond acceptors (Lipinski definition) is 5. The van der Waals surface area contributed by atoms with Crippen LogP contribution >= 0.6 is 11.6 Å². The molecule has 3 heterocycles. The number of anilines is 1. The molecule has 1 unspecified atom stereocenters. The van der Waals surface area contributed by atoms with Crippen LogP contribution in [0.4, 0.5) is 5.69 Å². The third-order valence-electron chi connectivity index (χ3n) is 4.73. The van der Waals surface area contributed by atoms with Crippen molar-refractivity contribution in [3.05, 3.63) is 23.0 Å². The van der Waals surface area contributed by atoms with E-state index in [2.05, 4.69) is 21.7 Å². The summed E-state index contributed by atoms with van der Waals surface area (Å²) in [6.45, 7) is 3.24. The van der Waals surface area contributed by atoms with Crippen molar-refractivity contribution < 1.29 is 13.5 Å². The summed E-state index contributed by atoms with van der Waals surface area (Å²) in [7, 11) is -3.09. The highest BCUT2D eigenvalue weighted by atomic mass is 35.5. The zero-order valence-electron chi connectivity index (χ0n) is 13.6. The predicted molar refractivity (Wildman–Crippen MR) is 95.0 cm³/mol. The number of nitrogens with zero attached hydrogens (tertiary/aromatic N) is 2. The summed E-state index contributed by atoms with van der Waals surface area (Å²) in [4.78, 5) is 6.21. The highest BCUT2D eigenvalue weighted by molar-refractivity contribution is 7.92. The maximum Gasteiger partial charge on any atom is 0.164 e. The van der Waals surface area contributed by atoms with Gasteiger partial charge in [0.15, 0.2) is 9.84 Å². The van der Waals surface area contributed by atoms with Crippen molar-refractivity contribution in [2.24, 2.45) is 0 Å². The Bertz CT molecular complexity index is 786. The van der Waals surface area contributed by atoms with E-state index in [0.717, 1.165) is 5.69 Å².